The monoisotopic (exact) mass is 425 g/mol. The zero-order chi connectivity index (χ0) is 22.3. The Kier molecular flexibility index (Phi) is 7.91. The summed E-state index contributed by atoms with van der Waals surface area (Å²) < 4.78 is 5.49. The van der Waals surface area contributed by atoms with Crippen molar-refractivity contribution < 1.29 is 14.3 Å². The molecule has 2 fully saturated rings. The summed E-state index contributed by atoms with van der Waals surface area (Å²) in [6.45, 7) is 10.4. The van der Waals surface area contributed by atoms with Gasteiger partial charge in [0, 0.05) is 37.3 Å². The molecular weight excluding hydrogens is 390 g/mol. The summed E-state index contributed by atoms with van der Waals surface area (Å²) in [7, 11) is 1.65. The first kappa shape index (κ1) is 23.1. The lowest BCUT2D eigenvalue weighted by Crippen LogP contribution is -2.59. The van der Waals surface area contributed by atoms with Gasteiger partial charge >= 0.3 is 0 Å². The number of ether oxygens (including phenoxy) is 1. The molecule has 0 aromatic heterocycles. The highest BCUT2D eigenvalue weighted by Crippen LogP contribution is 2.36. The van der Waals surface area contributed by atoms with Gasteiger partial charge in [0.15, 0.2) is 0 Å². The molecule has 168 valence electrons. The van der Waals surface area contributed by atoms with Crippen LogP contribution in [-0.2, 0) is 16.1 Å². The highest BCUT2D eigenvalue weighted by Gasteiger charge is 2.41. The maximum Gasteiger partial charge on any atom is 0.237 e. The Balaban J connectivity index is 1.79. The summed E-state index contributed by atoms with van der Waals surface area (Å²) >= 11 is 0. The molecular formula is C25H35N3O3. The zero-order valence-electron chi connectivity index (χ0n) is 18.6. The number of hydrogen-bond donors (Lipinski definition) is 1. The van der Waals surface area contributed by atoms with E-state index in [1.165, 1.54) is 0 Å². The van der Waals surface area contributed by atoms with E-state index in [4.69, 9.17) is 4.74 Å². The molecule has 2 aliphatic rings. The Morgan fingerprint density at radius 1 is 1.23 bits per heavy atom. The number of carbonyl (C=O) groups excluding carboxylic acids is 2. The van der Waals surface area contributed by atoms with Gasteiger partial charge in [0.2, 0.25) is 11.8 Å². The molecule has 2 aliphatic heterocycles. The number of piperazine rings is 1. The molecule has 1 aromatic carbocycles. The average molecular weight is 426 g/mol. The molecule has 2 amide bonds. The van der Waals surface area contributed by atoms with Crippen LogP contribution >= 0.6 is 0 Å². The summed E-state index contributed by atoms with van der Waals surface area (Å²) in [4.78, 5) is 30.4. The van der Waals surface area contributed by atoms with E-state index in [0.29, 0.717) is 19.6 Å². The van der Waals surface area contributed by atoms with Crippen LogP contribution in [0.15, 0.2) is 49.6 Å². The maximum atomic E-state index is 13.5. The third kappa shape index (κ3) is 5.18. The van der Waals surface area contributed by atoms with E-state index < -0.39 is 6.04 Å². The van der Waals surface area contributed by atoms with E-state index in [2.05, 4.69) is 23.4 Å². The first-order chi connectivity index (χ1) is 15.0. The van der Waals surface area contributed by atoms with Gasteiger partial charge in [-0.2, -0.15) is 0 Å². The summed E-state index contributed by atoms with van der Waals surface area (Å²) in [5.41, 5.74) is 0.750. The van der Waals surface area contributed by atoms with Gasteiger partial charge < -0.3 is 15.0 Å². The standard InChI is InChI=1S/C25H35N3O3/c1-4-12-25(13-5-2)14-8-9-16-28(25)23(29)18-21-24(30)26-15-17-27(21)19-20-10-6-7-11-22(20)31-3/h4-7,10-11,21H,1-2,8-9,12-19H2,3H3,(H,26,30)/t21-/m0/s1. The zero-order valence-corrected chi connectivity index (χ0v) is 18.6. The largest absolute Gasteiger partial charge is 0.496 e. The van der Waals surface area contributed by atoms with Crippen LogP contribution in [0.4, 0.5) is 0 Å². The molecule has 1 aromatic rings. The topological polar surface area (TPSA) is 61.9 Å². The number of likely N-dealkylation sites (tertiary alicyclic amines) is 1. The lowest BCUT2D eigenvalue weighted by atomic mass is 9.80. The van der Waals surface area contributed by atoms with Gasteiger partial charge in [0.25, 0.3) is 0 Å². The van der Waals surface area contributed by atoms with Gasteiger partial charge in [0.1, 0.15) is 5.75 Å². The number of rotatable bonds is 9. The fourth-order valence-electron chi connectivity index (χ4n) is 5.03. The lowest BCUT2D eigenvalue weighted by Gasteiger charge is -2.48. The lowest BCUT2D eigenvalue weighted by molar-refractivity contribution is -0.145. The molecule has 3 rings (SSSR count). The number of hydrogen-bond acceptors (Lipinski definition) is 4. The average Bonchev–Trinajstić information content (AvgIpc) is 2.77. The van der Waals surface area contributed by atoms with Crippen molar-refractivity contribution in [3.05, 3.63) is 55.1 Å². The summed E-state index contributed by atoms with van der Waals surface area (Å²) in [5.74, 6) is 0.755. The summed E-state index contributed by atoms with van der Waals surface area (Å²) in [6, 6.07) is 7.34. The van der Waals surface area contributed by atoms with Crippen LogP contribution in [0.5, 0.6) is 5.75 Å². The van der Waals surface area contributed by atoms with E-state index >= 15 is 0 Å². The van der Waals surface area contributed by atoms with E-state index in [1.54, 1.807) is 7.11 Å². The molecule has 6 heteroatoms. The van der Waals surface area contributed by atoms with Crippen LogP contribution < -0.4 is 10.1 Å². The minimum absolute atomic E-state index is 0.0375. The van der Waals surface area contributed by atoms with E-state index in [0.717, 1.165) is 50.0 Å². The molecule has 6 nitrogen and oxygen atoms in total. The Labute approximate surface area is 185 Å². The third-order valence-electron chi connectivity index (χ3n) is 6.57. The number of piperidine rings is 1. The van der Waals surface area contributed by atoms with Crippen LogP contribution in [-0.4, -0.2) is 59.9 Å². The Hall–Kier alpha value is -2.60. The van der Waals surface area contributed by atoms with Crippen LogP contribution in [0.1, 0.15) is 44.1 Å². The number of carbonyl (C=O) groups is 2. The molecule has 0 aliphatic carbocycles. The molecule has 0 bridgehead atoms. The summed E-state index contributed by atoms with van der Waals surface area (Å²) in [5, 5.41) is 2.94. The predicted molar refractivity (Wildman–Crippen MR) is 123 cm³/mol. The highest BCUT2D eigenvalue weighted by molar-refractivity contribution is 5.89. The minimum atomic E-state index is -0.488. The van der Waals surface area contributed by atoms with Gasteiger partial charge in [-0.05, 0) is 38.2 Å². The number of methoxy groups -OCH3 is 1. The van der Waals surface area contributed by atoms with E-state index in [1.807, 2.05) is 41.3 Å². The van der Waals surface area contributed by atoms with Crippen LogP contribution in [0.3, 0.4) is 0 Å². The molecule has 0 spiro atoms. The second-order valence-electron chi connectivity index (χ2n) is 8.51. The third-order valence-corrected chi connectivity index (χ3v) is 6.57. The van der Waals surface area contributed by atoms with Crippen molar-refractivity contribution >= 4 is 11.8 Å². The second-order valence-corrected chi connectivity index (χ2v) is 8.51. The Morgan fingerprint density at radius 2 is 1.97 bits per heavy atom. The van der Waals surface area contributed by atoms with Crippen LogP contribution in [0.2, 0.25) is 0 Å². The fraction of sp³-hybridized carbons (Fsp3) is 0.520. The maximum absolute atomic E-state index is 13.5. The first-order valence-corrected chi connectivity index (χ1v) is 11.2. The van der Waals surface area contributed by atoms with E-state index in [-0.39, 0.29) is 23.8 Å². The normalized spacial score (nSPS) is 21.3. The number of benzene rings is 1. The molecule has 31 heavy (non-hydrogen) atoms. The van der Waals surface area contributed by atoms with Gasteiger partial charge in [0.05, 0.1) is 19.6 Å². The SMILES string of the molecule is C=CCC1(CC=C)CCCCN1C(=O)C[C@H]1C(=O)NCCN1Cc1ccccc1OC. The van der Waals surface area contributed by atoms with Crippen molar-refractivity contribution in [3.8, 4) is 5.75 Å². The summed E-state index contributed by atoms with van der Waals surface area (Å²) in [6.07, 6.45) is 8.49. The van der Waals surface area contributed by atoms with Crippen molar-refractivity contribution in [2.75, 3.05) is 26.7 Å². The van der Waals surface area contributed by atoms with Gasteiger partial charge in [-0.3, -0.25) is 14.5 Å². The number of nitrogens with zero attached hydrogens (tertiary/aromatic N) is 2. The molecule has 0 unspecified atom stereocenters. The van der Waals surface area contributed by atoms with Crippen molar-refractivity contribution in [2.24, 2.45) is 0 Å². The van der Waals surface area contributed by atoms with Crippen LogP contribution in [0.25, 0.3) is 0 Å². The first-order valence-electron chi connectivity index (χ1n) is 11.2. The quantitative estimate of drug-likeness (QED) is 0.617. The minimum Gasteiger partial charge on any atom is -0.496 e. The van der Waals surface area contributed by atoms with Crippen molar-refractivity contribution in [2.45, 2.75) is 56.7 Å². The van der Waals surface area contributed by atoms with Crippen molar-refractivity contribution in [1.82, 2.24) is 15.1 Å². The Bertz CT molecular complexity index is 797. The highest BCUT2D eigenvalue weighted by atomic mass is 16.5. The molecule has 1 atom stereocenters. The number of nitrogens with one attached hydrogen (secondary N) is 1. The van der Waals surface area contributed by atoms with E-state index in [9.17, 15) is 9.59 Å². The fourth-order valence-corrected chi connectivity index (χ4v) is 5.03. The molecule has 0 radical (unpaired) electrons. The van der Waals surface area contributed by atoms with Crippen molar-refractivity contribution in [1.29, 1.82) is 0 Å². The number of para-hydroxylation sites is 1. The molecule has 0 saturated carbocycles. The van der Waals surface area contributed by atoms with Gasteiger partial charge in [-0.1, -0.05) is 30.4 Å². The van der Waals surface area contributed by atoms with Gasteiger partial charge in [-0.15, -0.1) is 13.2 Å². The molecule has 2 saturated heterocycles. The predicted octanol–water partition coefficient (Wildman–Crippen LogP) is 3.29. The Morgan fingerprint density at radius 3 is 2.68 bits per heavy atom. The second kappa shape index (κ2) is 10.6. The van der Waals surface area contributed by atoms with Crippen LogP contribution in [0, 0.1) is 0 Å². The van der Waals surface area contributed by atoms with Gasteiger partial charge in [-0.25, -0.2) is 0 Å². The molecule has 2 heterocycles. The molecule has 1 N–H and O–H groups in total. The van der Waals surface area contributed by atoms with Crippen molar-refractivity contribution in [3.63, 3.8) is 0 Å². The number of amides is 2. The smallest absolute Gasteiger partial charge is 0.237 e.